The fourth-order valence-corrected chi connectivity index (χ4v) is 3.14. The Bertz CT molecular complexity index is 800. The summed E-state index contributed by atoms with van der Waals surface area (Å²) in [4.78, 5) is 23.7. The van der Waals surface area contributed by atoms with Crippen LogP contribution in [0.5, 0.6) is 0 Å². The van der Waals surface area contributed by atoms with Crippen molar-refractivity contribution in [3.8, 4) is 0 Å². The number of carbonyl (C=O) groups excluding carboxylic acids is 2. The zero-order valence-corrected chi connectivity index (χ0v) is 17.8. The topological polar surface area (TPSA) is 58.2 Å². The van der Waals surface area contributed by atoms with Crippen molar-refractivity contribution < 1.29 is 9.59 Å². The first-order valence-electron chi connectivity index (χ1n) is 9.82. The second kappa shape index (κ2) is 9.05. The van der Waals surface area contributed by atoms with E-state index in [0.717, 1.165) is 16.8 Å². The van der Waals surface area contributed by atoms with Crippen molar-refractivity contribution in [3.63, 3.8) is 0 Å². The molecule has 0 saturated heterocycles. The third-order valence-electron chi connectivity index (χ3n) is 4.76. The fraction of sp³-hybridized carbons (Fsp3) is 0.417. The molecule has 0 bridgehead atoms. The molecule has 2 aromatic rings. The monoisotopic (exact) mass is 380 g/mol. The smallest absolute Gasteiger partial charge is 0.224 e. The van der Waals surface area contributed by atoms with Crippen LogP contribution in [0, 0.1) is 5.92 Å². The molecule has 2 amide bonds. The van der Waals surface area contributed by atoms with E-state index in [-0.39, 0.29) is 29.2 Å². The summed E-state index contributed by atoms with van der Waals surface area (Å²) < 4.78 is 0. The zero-order chi connectivity index (χ0) is 20.9. The van der Waals surface area contributed by atoms with Crippen LogP contribution in [0.3, 0.4) is 0 Å². The largest absolute Gasteiger partial charge is 0.349 e. The van der Waals surface area contributed by atoms with Crippen LogP contribution in [0.1, 0.15) is 64.3 Å². The zero-order valence-electron chi connectivity index (χ0n) is 17.8. The minimum atomic E-state index is -0.109. The van der Waals surface area contributed by atoms with Crippen molar-refractivity contribution in [2.24, 2.45) is 5.92 Å². The van der Waals surface area contributed by atoms with Crippen LogP contribution in [0.25, 0.3) is 0 Å². The Kier molecular flexibility index (Phi) is 7.00. The van der Waals surface area contributed by atoms with Gasteiger partial charge in [-0.05, 0) is 40.2 Å². The Morgan fingerprint density at radius 1 is 0.929 bits per heavy atom. The number of nitrogens with one attached hydrogen (secondary N) is 2. The lowest BCUT2D eigenvalue weighted by atomic mass is 9.85. The summed E-state index contributed by atoms with van der Waals surface area (Å²) in [6, 6.07) is 15.9. The quantitative estimate of drug-likeness (QED) is 0.741. The molecule has 0 saturated carbocycles. The second-order valence-corrected chi connectivity index (χ2v) is 8.72. The standard InChI is InChI=1S/C24H32N2O2/c1-16(2)23(19-9-11-20(12-10-19)24(4,5)6)26-22(28)15-18-7-13-21(14-8-18)25-17(3)27/h7-14,16,23H,15H2,1-6H3,(H,25,27)(H,26,28)/t23-/m0/s1. The summed E-state index contributed by atoms with van der Waals surface area (Å²) in [7, 11) is 0. The van der Waals surface area contributed by atoms with Crippen molar-refractivity contribution in [1.29, 1.82) is 0 Å². The molecule has 0 unspecified atom stereocenters. The lowest BCUT2D eigenvalue weighted by Gasteiger charge is -2.25. The average Bonchev–Trinajstić information content (AvgIpc) is 2.60. The van der Waals surface area contributed by atoms with E-state index in [1.165, 1.54) is 12.5 Å². The molecule has 150 valence electrons. The minimum Gasteiger partial charge on any atom is -0.349 e. The molecule has 0 fully saturated rings. The summed E-state index contributed by atoms with van der Waals surface area (Å²) >= 11 is 0. The molecule has 0 radical (unpaired) electrons. The Balaban J connectivity index is 2.05. The first kappa shape index (κ1) is 21.7. The van der Waals surface area contributed by atoms with Gasteiger partial charge in [-0.2, -0.15) is 0 Å². The molecule has 0 aliphatic carbocycles. The van der Waals surface area contributed by atoms with Crippen LogP contribution in [0.2, 0.25) is 0 Å². The molecular weight excluding hydrogens is 348 g/mol. The normalized spacial score (nSPS) is 12.5. The maximum atomic E-state index is 12.6. The summed E-state index contributed by atoms with van der Waals surface area (Å²) in [5.74, 6) is 0.167. The molecule has 4 nitrogen and oxygen atoms in total. The highest BCUT2D eigenvalue weighted by molar-refractivity contribution is 5.88. The van der Waals surface area contributed by atoms with Crippen molar-refractivity contribution in [2.75, 3.05) is 5.32 Å². The van der Waals surface area contributed by atoms with E-state index in [4.69, 9.17) is 0 Å². The Morgan fingerprint density at radius 2 is 1.50 bits per heavy atom. The predicted molar refractivity (Wildman–Crippen MR) is 115 cm³/mol. The highest BCUT2D eigenvalue weighted by atomic mass is 16.2. The van der Waals surface area contributed by atoms with Gasteiger partial charge in [0.1, 0.15) is 0 Å². The van der Waals surface area contributed by atoms with Gasteiger partial charge in [0.2, 0.25) is 11.8 Å². The number of anilines is 1. The fourth-order valence-electron chi connectivity index (χ4n) is 3.14. The van der Waals surface area contributed by atoms with Crippen molar-refractivity contribution in [2.45, 2.75) is 59.4 Å². The van der Waals surface area contributed by atoms with Gasteiger partial charge in [-0.3, -0.25) is 9.59 Å². The maximum Gasteiger partial charge on any atom is 0.224 e. The predicted octanol–water partition coefficient (Wildman–Crippen LogP) is 5.00. The lowest BCUT2D eigenvalue weighted by molar-refractivity contribution is -0.121. The van der Waals surface area contributed by atoms with Gasteiger partial charge in [-0.1, -0.05) is 71.0 Å². The van der Waals surface area contributed by atoms with E-state index >= 15 is 0 Å². The molecular formula is C24H32N2O2. The molecule has 4 heteroatoms. The molecule has 2 rings (SSSR count). The van der Waals surface area contributed by atoms with E-state index in [9.17, 15) is 9.59 Å². The number of hydrogen-bond donors (Lipinski definition) is 2. The minimum absolute atomic E-state index is 0.00845. The van der Waals surface area contributed by atoms with E-state index < -0.39 is 0 Å². The van der Waals surface area contributed by atoms with Gasteiger partial charge in [0.05, 0.1) is 12.5 Å². The van der Waals surface area contributed by atoms with Gasteiger partial charge in [0.25, 0.3) is 0 Å². The molecule has 2 N–H and O–H groups in total. The molecule has 0 heterocycles. The summed E-state index contributed by atoms with van der Waals surface area (Å²) in [6.07, 6.45) is 0.309. The Hall–Kier alpha value is -2.62. The molecule has 28 heavy (non-hydrogen) atoms. The molecule has 1 atom stereocenters. The summed E-state index contributed by atoms with van der Waals surface area (Å²) in [5.41, 5.74) is 4.16. The van der Waals surface area contributed by atoms with Gasteiger partial charge in [-0.15, -0.1) is 0 Å². The van der Waals surface area contributed by atoms with Gasteiger partial charge in [0.15, 0.2) is 0 Å². The van der Waals surface area contributed by atoms with Crippen LogP contribution in [0.15, 0.2) is 48.5 Å². The average molecular weight is 381 g/mol. The van der Waals surface area contributed by atoms with E-state index in [1.54, 1.807) is 0 Å². The first-order valence-corrected chi connectivity index (χ1v) is 9.82. The second-order valence-electron chi connectivity index (χ2n) is 8.72. The van der Waals surface area contributed by atoms with E-state index in [0.29, 0.717) is 6.42 Å². The number of rotatable bonds is 6. The van der Waals surface area contributed by atoms with Crippen LogP contribution in [0.4, 0.5) is 5.69 Å². The third kappa shape index (κ3) is 6.22. The highest BCUT2D eigenvalue weighted by Crippen LogP contribution is 2.27. The maximum absolute atomic E-state index is 12.6. The SMILES string of the molecule is CC(=O)Nc1ccc(CC(=O)N[C@H](c2ccc(C(C)(C)C)cc2)C(C)C)cc1. The van der Waals surface area contributed by atoms with Crippen LogP contribution in [-0.2, 0) is 21.4 Å². The van der Waals surface area contributed by atoms with Crippen LogP contribution < -0.4 is 10.6 Å². The third-order valence-corrected chi connectivity index (χ3v) is 4.76. The van der Waals surface area contributed by atoms with Gasteiger partial charge >= 0.3 is 0 Å². The summed E-state index contributed by atoms with van der Waals surface area (Å²) in [5, 5.41) is 5.91. The van der Waals surface area contributed by atoms with Crippen molar-refractivity contribution in [1.82, 2.24) is 5.32 Å². The Morgan fingerprint density at radius 3 is 1.96 bits per heavy atom. The lowest BCUT2D eigenvalue weighted by Crippen LogP contribution is -2.32. The van der Waals surface area contributed by atoms with Gasteiger partial charge < -0.3 is 10.6 Å². The number of carbonyl (C=O) groups is 2. The van der Waals surface area contributed by atoms with Crippen molar-refractivity contribution in [3.05, 3.63) is 65.2 Å². The van der Waals surface area contributed by atoms with E-state index in [2.05, 4.69) is 69.5 Å². The first-order chi connectivity index (χ1) is 13.1. The van der Waals surface area contributed by atoms with Gasteiger partial charge in [-0.25, -0.2) is 0 Å². The number of hydrogen-bond acceptors (Lipinski definition) is 2. The molecule has 0 aliphatic heterocycles. The van der Waals surface area contributed by atoms with Crippen molar-refractivity contribution >= 4 is 17.5 Å². The summed E-state index contributed by atoms with van der Waals surface area (Å²) in [6.45, 7) is 12.3. The van der Waals surface area contributed by atoms with Gasteiger partial charge in [0, 0.05) is 12.6 Å². The molecule has 0 aliphatic rings. The Labute approximate surface area is 168 Å². The number of amides is 2. The molecule has 0 spiro atoms. The van der Waals surface area contributed by atoms with Crippen LogP contribution in [-0.4, -0.2) is 11.8 Å². The highest BCUT2D eigenvalue weighted by Gasteiger charge is 2.20. The van der Waals surface area contributed by atoms with E-state index in [1.807, 2.05) is 24.3 Å². The number of benzene rings is 2. The molecule has 2 aromatic carbocycles. The molecule has 0 aromatic heterocycles. The van der Waals surface area contributed by atoms with Crippen LogP contribution >= 0.6 is 0 Å².